The molecule has 0 fully saturated rings. The van der Waals surface area contributed by atoms with Crippen molar-refractivity contribution in [3.63, 3.8) is 0 Å². The summed E-state index contributed by atoms with van der Waals surface area (Å²) in [5.74, 6) is 0.806. The lowest BCUT2D eigenvalue weighted by Crippen LogP contribution is -2.12. The van der Waals surface area contributed by atoms with Gasteiger partial charge in [-0.15, -0.1) is 0 Å². The lowest BCUT2D eigenvalue weighted by atomic mass is 10.1. The van der Waals surface area contributed by atoms with E-state index in [-0.39, 0.29) is 6.04 Å². The highest BCUT2D eigenvalue weighted by molar-refractivity contribution is 6.30. The molecule has 16 heavy (non-hydrogen) atoms. The van der Waals surface area contributed by atoms with Gasteiger partial charge in [0.05, 0.1) is 6.04 Å². The van der Waals surface area contributed by atoms with Gasteiger partial charge in [-0.05, 0) is 30.7 Å². The second-order valence-corrected chi connectivity index (χ2v) is 4.30. The first-order chi connectivity index (χ1) is 7.78. The van der Waals surface area contributed by atoms with Gasteiger partial charge < -0.3 is 10.5 Å². The Kier molecular flexibility index (Phi) is 3.80. The first-order valence-electron chi connectivity index (χ1n) is 5.42. The molecule has 0 bridgehead atoms. The lowest BCUT2D eigenvalue weighted by molar-refractivity contribution is 0.307. The van der Waals surface area contributed by atoms with Crippen molar-refractivity contribution in [2.75, 3.05) is 13.2 Å². The molecule has 1 aliphatic rings. The van der Waals surface area contributed by atoms with Crippen LogP contribution in [0.3, 0.4) is 0 Å². The number of halogens is 1. The molecular formula is C12H15ClN2O. The van der Waals surface area contributed by atoms with Gasteiger partial charge in [0.1, 0.15) is 6.61 Å². The molecule has 1 heterocycles. The zero-order valence-electron chi connectivity index (χ0n) is 9.03. The molecule has 0 radical (unpaired) electrons. The van der Waals surface area contributed by atoms with Crippen LogP contribution in [0.5, 0.6) is 0 Å². The van der Waals surface area contributed by atoms with Crippen LogP contribution in [0.4, 0.5) is 0 Å². The fourth-order valence-electron chi connectivity index (χ4n) is 1.68. The molecule has 0 aromatic heterocycles. The van der Waals surface area contributed by atoms with E-state index in [1.54, 1.807) is 0 Å². The minimum absolute atomic E-state index is 0.243. The number of aliphatic imine (C=N–C) groups is 1. The van der Waals surface area contributed by atoms with Crippen molar-refractivity contribution < 1.29 is 4.74 Å². The minimum Gasteiger partial charge on any atom is -0.478 e. The second-order valence-electron chi connectivity index (χ2n) is 3.87. The number of benzene rings is 1. The SMILES string of the molecule is NCCC1COC(Cc2ccc(Cl)cc2)=N1. The van der Waals surface area contributed by atoms with Gasteiger partial charge in [-0.2, -0.15) is 0 Å². The predicted octanol–water partition coefficient (Wildman–Crippen LogP) is 2.03. The molecule has 1 atom stereocenters. The maximum Gasteiger partial charge on any atom is 0.188 e. The summed E-state index contributed by atoms with van der Waals surface area (Å²) >= 11 is 5.82. The van der Waals surface area contributed by atoms with Crippen molar-refractivity contribution in [1.82, 2.24) is 0 Å². The first kappa shape index (κ1) is 11.4. The Morgan fingerprint density at radius 1 is 1.38 bits per heavy atom. The third-order valence-electron chi connectivity index (χ3n) is 2.54. The van der Waals surface area contributed by atoms with Crippen LogP contribution in [0, 0.1) is 0 Å². The second kappa shape index (κ2) is 5.32. The summed E-state index contributed by atoms with van der Waals surface area (Å²) in [6.45, 7) is 1.33. The van der Waals surface area contributed by atoms with Crippen molar-refractivity contribution in [2.45, 2.75) is 18.9 Å². The predicted molar refractivity (Wildman–Crippen MR) is 66.0 cm³/mol. The number of nitrogens with zero attached hydrogens (tertiary/aromatic N) is 1. The van der Waals surface area contributed by atoms with E-state index in [2.05, 4.69) is 4.99 Å². The van der Waals surface area contributed by atoms with Crippen LogP contribution >= 0.6 is 11.6 Å². The maximum atomic E-state index is 5.82. The smallest absolute Gasteiger partial charge is 0.188 e. The van der Waals surface area contributed by atoms with E-state index < -0.39 is 0 Å². The molecule has 4 heteroatoms. The van der Waals surface area contributed by atoms with Crippen molar-refractivity contribution in [1.29, 1.82) is 0 Å². The quantitative estimate of drug-likeness (QED) is 0.873. The Morgan fingerprint density at radius 2 is 2.12 bits per heavy atom. The van der Waals surface area contributed by atoms with E-state index in [1.807, 2.05) is 24.3 Å². The van der Waals surface area contributed by atoms with Gasteiger partial charge in [0.25, 0.3) is 0 Å². The van der Waals surface area contributed by atoms with Crippen LogP contribution < -0.4 is 5.73 Å². The normalized spacial score (nSPS) is 19.4. The molecule has 86 valence electrons. The molecule has 0 spiro atoms. The van der Waals surface area contributed by atoms with Gasteiger partial charge in [0.15, 0.2) is 5.90 Å². The Hall–Kier alpha value is -1.06. The molecular weight excluding hydrogens is 224 g/mol. The Morgan fingerprint density at radius 3 is 2.81 bits per heavy atom. The van der Waals surface area contributed by atoms with E-state index in [0.29, 0.717) is 13.2 Å². The van der Waals surface area contributed by atoms with E-state index in [0.717, 1.165) is 29.3 Å². The minimum atomic E-state index is 0.243. The van der Waals surface area contributed by atoms with Gasteiger partial charge in [-0.25, -0.2) is 4.99 Å². The summed E-state index contributed by atoms with van der Waals surface area (Å²) in [6.07, 6.45) is 1.63. The topological polar surface area (TPSA) is 47.6 Å². The highest BCUT2D eigenvalue weighted by Gasteiger charge is 2.17. The molecule has 0 saturated heterocycles. The number of ether oxygens (including phenoxy) is 1. The van der Waals surface area contributed by atoms with E-state index in [9.17, 15) is 0 Å². The van der Waals surface area contributed by atoms with Crippen LogP contribution in [0.2, 0.25) is 5.02 Å². The number of hydrogen-bond donors (Lipinski definition) is 1. The van der Waals surface area contributed by atoms with Gasteiger partial charge in [-0.1, -0.05) is 23.7 Å². The van der Waals surface area contributed by atoms with E-state index in [1.165, 1.54) is 0 Å². The Balaban J connectivity index is 1.95. The molecule has 1 unspecified atom stereocenters. The largest absolute Gasteiger partial charge is 0.478 e. The molecule has 0 aliphatic carbocycles. The van der Waals surface area contributed by atoms with Gasteiger partial charge in [-0.3, -0.25) is 0 Å². The summed E-state index contributed by atoms with van der Waals surface area (Å²) in [6, 6.07) is 7.98. The van der Waals surface area contributed by atoms with Crippen LogP contribution in [0.15, 0.2) is 29.3 Å². The number of rotatable bonds is 4. The Bertz CT molecular complexity index is 375. The van der Waals surface area contributed by atoms with Crippen LogP contribution in [-0.2, 0) is 11.2 Å². The average Bonchev–Trinajstić information content (AvgIpc) is 2.70. The fourth-order valence-corrected chi connectivity index (χ4v) is 1.81. The third kappa shape index (κ3) is 2.97. The highest BCUT2D eigenvalue weighted by Crippen LogP contribution is 2.14. The standard InChI is InChI=1S/C12H15ClN2O/c13-10-3-1-9(2-4-10)7-12-15-11(5-6-14)8-16-12/h1-4,11H,5-8,14H2. The van der Waals surface area contributed by atoms with Gasteiger partial charge >= 0.3 is 0 Å². The van der Waals surface area contributed by atoms with Crippen molar-refractivity contribution in [3.8, 4) is 0 Å². The molecule has 2 rings (SSSR count). The molecule has 3 nitrogen and oxygen atoms in total. The van der Waals surface area contributed by atoms with Crippen LogP contribution in [0.1, 0.15) is 12.0 Å². The number of nitrogens with two attached hydrogens (primary N) is 1. The summed E-state index contributed by atoms with van der Waals surface area (Å²) in [5.41, 5.74) is 6.65. The van der Waals surface area contributed by atoms with Crippen LogP contribution in [-0.4, -0.2) is 25.1 Å². The van der Waals surface area contributed by atoms with Gasteiger partial charge in [0, 0.05) is 11.4 Å². The molecule has 1 aromatic carbocycles. The van der Waals surface area contributed by atoms with Gasteiger partial charge in [0.2, 0.25) is 0 Å². The highest BCUT2D eigenvalue weighted by atomic mass is 35.5. The Labute approximate surface area is 100 Å². The summed E-state index contributed by atoms with van der Waals surface area (Å²) in [7, 11) is 0. The molecule has 0 amide bonds. The third-order valence-corrected chi connectivity index (χ3v) is 2.79. The summed E-state index contributed by atoms with van der Waals surface area (Å²) < 4.78 is 5.51. The summed E-state index contributed by atoms with van der Waals surface area (Å²) in [4.78, 5) is 4.48. The zero-order chi connectivity index (χ0) is 11.4. The fraction of sp³-hybridized carbons (Fsp3) is 0.417. The maximum absolute atomic E-state index is 5.82. The first-order valence-corrected chi connectivity index (χ1v) is 5.79. The van der Waals surface area contributed by atoms with Crippen LogP contribution in [0.25, 0.3) is 0 Å². The lowest BCUT2D eigenvalue weighted by Gasteiger charge is -2.01. The molecule has 0 saturated carbocycles. The summed E-state index contributed by atoms with van der Waals surface area (Å²) in [5, 5.41) is 0.749. The average molecular weight is 239 g/mol. The zero-order valence-corrected chi connectivity index (χ0v) is 9.78. The van der Waals surface area contributed by atoms with Crippen molar-refractivity contribution in [3.05, 3.63) is 34.9 Å². The monoisotopic (exact) mass is 238 g/mol. The molecule has 1 aromatic rings. The van der Waals surface area contributed by atoms with Crippen molar-refractivity contribution >= 4 is 17.5 Å². The molecule has 1 aliphatic heterocycles. The van der Waals surface area contributed by atoms with Crippen molar-refractivity contribution in [2.24, 2.45) is 10.7 Å². The number of hydrogen-bond acceptors (Lipinski definition) is 3. The molecule has 2 N–H and O–H groups in total. The van der Waals surface area contributed by atoms with E-state index >= 15 is 0 Å². The van der Waals surface area contributed by atoms with E-state index in [4.69, 9.17) is 22.1 Å².